The molecular formula is C3H6N2S2. The molecule has 4 heteroatoms. The van der Waals surface area contributed by atoms with Crippen LogP contribution in [0.15, 0.2) is 12.8 Å². The van der Waals surface area contributed by atoms with Gasteiger partial charge in [0.1, 0.15) is 4.32 Å². The monoisotopic (exact) mass is 134 g/mol. The second kappa shape index (κ2) is 3.95. The van der Waals surface area contributed by atoms with Crippen LogP contribution in [-0.4, -0.2) is 4.32 Å². The van der Waals surface area contributed by atoms with Crippen molar-refractivity contribution in [3.8, 4) is 0 Å². The summed E-state index contributed by atoms with van der Waals surface area (Å²) in [5.41, 5.74) is 5.07. The summed E-state index contributed by atoms with van der Waals surface area (Å²) >= 11 is 8.25. The minimum Gasteiger partial charge on any atom is -0.308 e. The molecule has 0 rings (SSSR count). The minimum atomic E-state index is 0.403. The van der Waals surface area contributed by atoms with Gasteiger partial charge in [0, 0.05) is 6.20 Å². The van der Waals surface area contributed by atoms with Crippen molar-refractivity contribution in [2.24, 2.45) is 0 Å². The first-order valence-corrected chi connectivity index (χ1v) is 2.48. The van der Waals surface area contributed by atoms with Gasteiger partial charge in [-0.25, -0.2) is 0 Å². The maximum absolute atomic E-state index is 4.50. The molecule has 0 fully saturated rings. The summed E-state index contributed by atoms with van der Waals surface area (Å²) in [7, 11) is 0. The van der Waals surface area contributed by atoms with Gasteiger partial charge in [0.05, 0.1) is 0 Å². The first kappa shape index (κ1) is 6.78. The molecule has 0 aliphatic carbocycles. The maximum atomic E-state index is 4.50. The number of hydrogen-bond donors (Lipinski definition) is 3. The number of nitrogens with one attached hydrogen (secondary N) is 2. The predicted molar refractivity (Wildman–Crippen MR) is 38.1 cm³/mol. The Labute approximate surface area is 53.4 Å². The molecule has 0 aromatic carbocycles. The fourth-order valence-electron chi connectivity index (χ4n) is 0.113. The van der Waals surface area contributed by atoms with E-state index in [1.807, 2.05) is 0 Å². The zero-order valence-corrected chi connectivity index (χ0v) is 5.35. The lowest BCUT2D eigenvalue weighted by Gasteiger charge is -1.97. The van der Waals surface area contributed by atoms with E-state index < -0.39 is 0 Å². The number of thiocarbonyl (C=S) groups is 1. The molecule has 0 unspecified atom stereocenters. The Morgan fingerprint density at radius 1 is 1.86 bits per heavy atom. The van der Waals surface area contributed by atoms with Gasteiger partial charge in [0.2, 0.25) is 0 Å². The largest absolute Gasteiger partial charge is 0.308 e. The van der Waals surface area contributed by atoms with Crippen LogP contribution in [0.3, 0.4) is 0 Å². The number of thiol groups is 1. The van der Waals surface area contributed by atoms with Crippen molar-refractivity contribution in [3.05, 3.63) is 12.8 Å². The summed E-state index contributed by atoms with van der Waals surface area (Å²) in [6.07, 6.45) is 1.47. The van der Waals surface area contributed by atoms with Crippen LogP contribution in [-0.2, 0) is 0 Å². The van der Waals surface area contributed by atoms with Crippen molar-refractivity contribution in [1.29, 1.82) is 0 Å². The van der Waals surface area contributed by atoms with E-state index in [1.165, 1.54) is 6.20 Å². The lowest BCUT2D eigenvalue weighted by atomic mass is 11.1. The van der Waals surface area contributed by atoms with E-state index in [9.17, 15) is 0 Å². The Morgan fingerprint density at radius 3 is 2.57 bits per heavy atom. The standard InChI is InChI=1S/C3H6N2S2/c1-2-4-5-3(6)7/h2,4H,1H2,(H2,5,6,7). The molecule has 0 aliphatic heterocycles. The maximum Gasteiger partial charge on any atom is 0.149 e. The van der Waals surface area contributed by atoms with Crippen LogP contribution >= 0.6 is 24.8 Å². The van der Waals surface area contributed by atoms with Crippen molar-refractivity contribution in [1.82, 2.24) is 10.9 Å². The molecule has 0 radical (unpaired) electrons. The summed E-state index contributed by atoms with van der Waals surface area (Å²) in [6, 6.07) is 0. The van der Waals surface area contributed by atoms with Gasteiger partial charge in [0.25, 0.3) is 0 Å². The van der Waals surface area contributed by atoms with Gasteiger partial charge in [-0.15, -0.1) is 12.6 Å². The van der Waals surface area contributed by atoms with Crippen LogP contribution in [0.1, 0.15) is 0 Å². The molecule has 40 valence electrons. The van der Waals surface area contributed by atoms with Crippen LogP contribution in [0, 0.1) is 0 Å². The van der Waals surface area contributed by atoms with E-state index >= 15 is 0 Å². The third kappa shape index (κ3) is 5.78. The second-order valence-electron chi connectivity index (χ2n) is 0.779. The normalized spacial score (nSPS) is 7.00. The van der Waals surface area contributed by atoms with Gasteiger partial charge >= 0.3 is 0 Å². The Hall–Kier alpha value is -0.220. The SMILES string of the molecule is C=CNNC(=S)S. The van der Waals surface area contributed by atoms with E-state index in [0.717, 1.165) is 0 Å². The first-order valence-electron chi connectivity index (χ1n) is 1.62. The molecule has 2 nitrogen and oxygen atoms in total. The zero-order valence-electron chi connectivity index (χ0n) is 3.64. The number of hydrogen-bond acceptors (Lipinski definition) is 2. The van der Waals surface area contributed by atoms with Crippen LogP contribution < -0.4 is 10.9 Å². The van der Waals surface area contributed by atoms with Crippen LogP contribution in [0.25, 0.3) is 0 Å². The predicted octanol–water partition coefficient (Wildman–Crippen LogP) is 0.439. The molecule has 0 heterocycles. The molecule has 0 saturated carbocycles. The third-order valence-corrected chi connectivity index (χ3v) is 0.495. The summed E-state index contributed by atoms with van der Waals surface area (Å²) in [5.74, 6) is 0. The van der Waals surface area contributed by atoms with E-state index in [4.69, 9.17) is 0 Å². The second-order valence-corrected chi connectivity index (χ2v) is 1.94. The molecule has 0 aromatic heterocycles. The quantitative estimate of drug-likeness (QED) is 0.290. The lowest BCUT2D eigenvalue weighted by molar-refractivity contribution is 0.843. The highest BCUT2D eigenvalue weighted by molar-refractivity contribution is 8.11. The van der Waals surface area contributed by atoms with Gasteiger partial charge in [-0.3, -0.25) is 5.43 Å². The first-order chi connectivity index (χ1) is 3.27. The third-order valence-electron chi connectivity index (χ3n) is 0.281. The van der Waals surface area contributed by atoms with Gasteiger partial charge in [-0.1, -0.05) is 18.8 Å². The molecule has 7 heavy (non-hydrogen) atoms. The van der Waals surface area contributed by atoms with E-state index in [0.29, 0.717) is 4.32 Å². The lowest BCUT2D eigenvalue weighted by Crippen LogP contribution is -2.28. The Bertz CT molecular complexity index is 81.0. The fraction of sp³-hybridized carbons (Fsp3) is 0. The van der Waals surface area contributed by atoms with Crippen molar-refractivity contribution in [2.75, 3.05) is 0 Å². The van der Waals surface area contributed by atoms with E-state index in [2.05, 4.69) is 42.3 Å². The van der Waals surface area contributed by atoms with Crippen LogP contribution in [0.2, 0.25) is 0 Å². The van der Waals surface area contributed by atoms with Crippen molar-refractivity contribution >= 4 is 29.2 Å². The number of hydrazine groups is 1. The van der Waals surface area contributed by atoms with Crippen molar-refractivity contribution in [2.45, 2.75) is 0 Å². The molecule has 0 atom stereocenters. The Morgan fingerprint density at radius 2 is 2.43 bits per heavy atom. The van der Waals surface area contributed by atoms with Crippen LogP contribution in [0.5, 0.6) is 0 Å². The molecule has 0 aromatic rings. The van der Waals surface area contributed by atoms with Gasteiger partial charge < -0.3 is 5.43 Å². The fourth-order valence-corrected chi connectivity index (χ4v) is 0.236. The highest BCUT2D eigenvalue weighted by Crippen LogP contribution is 1.71. The van der Waals surface area contributed by atoms with Gasteiger partial charge in [-0.2, -0.15) is 0 Å². The number of rotatable bonds is 2. The highest BCUT2D eigenvalue weighted by atomic mass is 32.1. The topological polar surface area (TPSA) is 24.1 Å². The van der Waals surface area contributed by atoms with Gasteiger partial charge in [-0.05, 0) is 0 Å². The minimum absolute atomic E-state index is 0.403. The van der Waals surface area contributed by atoms with Gasteiger partial charge in [0.15, 0.2) is 0 Å². The van der Waals surface area contributed by atoms with Crippen molar-refractivity contribution < 1.29 is 0 Å². The zero-order chi connectivity index (χ0) is 5.70. The summed E-state index contributed by atoms with van der Waals surface area (Å²) in [6.45, 7) is 3.37. The molecular weight excluding hydrogens is 128 g/mol. The highest BCUT2D eigenvalue weighted by Gasteiger charge is 1.74. The molecule has 2 N–H and O–H groups in total. The average Bonchev–Trinajstić information content (AvgIpc) is 1.61. The molecule has 0 spiro atoms. The summed E-state index contributed by atoms with van der Waals surface area (Å²) in [4.78, 5) is 0. The van der Waals surface area contributed by atoms with E-state index in [-0.39, 0.29) is 0 Å². The summed E-state index contributed by atoms with van der Waals surface area (Å²) in [5, 5.41) is 0. The molecule has 0 aliphatic rings. The van der Waals surface area contributed by atoms with E-state index in [1.54, 1.807) is 0 Å². The molecule has 0 saturated heterocycles. The smallest absolute Gasteiger partial charge is 0.149 e. The van der Waals surface area contributed by atoms with Crippen LogP contribution in [0.4, 0.5) is 0 Å². The Balaban J connectivity index is 2.97. The molecule has 0 bridgehead atoms. The Kier molecular flexibility index (Phi) is 3.83. The summed E-state index contributed by atoms with van der Waals surface area (Å²) < 4.78 is 0.403. The molecule has 0 amide bonds. The van der Waals surface area contributed by atoms with Crippen molar-refractivity contribution in [3.63, 3.8) is 0 Å². The average molecular weight is 134 g/mol.